The molecule has 0 saturated carbocycles. The van der Waals surface area contributed by atoms with E-state index in [2.05, 4.69) is 31.5 Å². The van der Waals surface area contributed by atoms with Gasteiger partial charge in [-0.1, -0.05) is 15.9 Å². The second-order valence-corrected chi connectivity index (χ2v) is 6.70. The maximum Gasteiger partial charge on any atom is 0.238 e. The number of carbonyl (C=O) groups is 1. The van der Waals surface area contributed by atoms with Crippen LogP contribution in [0.4, 0.5) is 10.1 Å². The Morgan fingerprint density at radius 3 is 2.70 bits per heavy atom. The standard InChI is InChI=1S/C16H23BrFN3O.ClH/c1-19-7-4-12-5-8-21(9-6-12)11-16(22)20-15-3-2-13(17)10-14(15)18;/h2-3,10,12,19H,4-9,11H2,1H3,(H,20,22);1H. The maximum absolute atomic E-state index is 13.7. The van der Waals surface area contributed by atoms with E-state index in [1.54, 1.807) is 12.1 Å². The summed E-state index contributed by atoms with van der Waals surface area (Å²) in [5, 5.41) is 5.82. The van der Waals surface area contributed by atoms with Crippen LogP contribution in [0.25, 0.3) is 0 Å². The minimum absolute atomic E-state index is 0. The molecule has 2 N–H and O–H groups in total. The molecule has 1 aliphatic heterocycles. The molecular weight excluding hydrogens is 385 g/mol. The fraction of sp³-hybridized carbons (Fsp3) is 0.562. The number of nitrogens with one attached hydrogen (secondary N) is 2. The molecule has 1 heterocycles. The lowest BCUT2D eigenvalue weighted by Crippen LogP contribution is -2.39. The molecular formula is C16H24BrClFN3O. The average Bonchev–Trinajstić information content (AvgIpc) is 2.49. The van der Waals surface area contributed by atoms with Gasteiger partial charge in [-0.05, 0) is 70.1 Å². The Labute approximate surface area is 151 Å². The first kappa shape index (κ1) is 20.4. The molecule has 1 aromatic carbocycles. The number of amides is 1. The van der Waals surface area contributed by atoms with Crippen molar-refractivity contribution in [3.8, 4) is 0 Å². The van der Waals surface area contributed by atoms with E-state index in [-0.39, 0.29) is 24.0 Å². The lowest BCUT2D eigenvalue weighted by Gasteiger charge is -2.31. The van der Waals surface area contributed by atoms with Crippen LogP contribution in [0.3, 0.4) is 0 Å². The zero-order valence-corrected chi connectivity index (χ0v) is 15.7. The van der Waals surface area contributed by atoms with Crippen molar-refractivity contribution in [3.63, 3.8) is 0 Å². The van der Waals surface area contributed by atoms with Crippen LogP contribution in [0.1, 0.15) is 19.3 Å². The number of halogens is 3. The Kier molecular flexibility index (Phi) is 9.06. The van der Waals surface area contributed by atoms with Gasteiger partial charge in [0.25, 0.3) is 0 Å². The van der Waals surface area contributed by atoms with Crippen LogP contribution < -0.4 is 10.6 Å². The van der Waals surface area contributed by atoms with Crippen LogP contribution >= 0.6 is 28.3 Å². The van der Waals surface area contributed by atoms with Crippen LogP contribution in [0, 0.1) is 11.7 Å². The van der Waals surface area contributed by atoms with Gasteiger partial charge in [0, 0.05) is 4.47 Å². The number of rotatable bonds is 6. The van der Waals surface area contributed by atoms with Gasteiger partial charge < -0.3 is 10.6 Å². The molecule has 0 bridgehead atoms. The third-order valence-electron chi connectivity index (χ3n) is 4.08. The average molecular weight is 409 g/mol. The van der Waals surface area contributed by atoms with Crippen molar-refractivity contribution < 1.29 is 9.18 Å². The van der Waals surface area contributed by atoms with E-state index in [0.29, 0.717) is 11.0 Å². The lowest BCUT2D eigenvalue weighted by molar-refractivity contribution is -0.117. The highest BCUT2D eigenvalue weighted by molar-refractivity contribution is 9.10. The summed E-state index contributed by atoms with van der Waals surface area (Å²) in [4.78, 5) is 14.2. The third-order valence-corrected chi connectivity index (χ3v) is 4.58. The summed E-state index contributed by atoms with van der Waals surface area (Å²) in [5.74, 6) is 0.166. The zero-order valence-electron chi connectivity index (χ0n) is 13.3. The highest BCUT2D eigenvalue weighted by Gasteiger charge is 2.20. The quantitative estimate of drug-likeness (QED) is 0.759. The Balaban J connectivity index is 0.00000264. The molecule has 0 aliphatic carbocycles. The third kappa shape index (κ3) is 6.75. The fourth-order valence-electron chi connectivity index (χ4n) is 2.77. The van der Waals surface area contributed by atoms with Crippen molar-refractivity contribution in [1.82, 2.24) is 10.2 Å². The molecule has 4 nitrogen and oxygen atoms in total. The van der Waals surface area contributed by atoms with Gasteiger partial charge in [-0.15, -0.1) is 12.4 Å². The Bertz CT molecular complexity index is 510. The van der Waals surface area contributed by atoms with Crippen LogP contribution in [-0.4, -0.2) is 44.0 Å². The number of anilines is 1. The van der Waals surface area contributed by atoms with Gasteiger partial charge in [0.15, 0.2) is 0 Å². The van der Waals surface area contributed by atoms with Gasteiger partial charge in [0.2, 0.25) is 5.91 Å². The molecule has 0 radical (unpaired) electrons. The van der Waals surface area contributed by atoms with Gasteiger partial charge >= 0.3 is 0 Å². The van der Waals surface area contributed by atoms with Crippen molar-refractivity contribution >= 4 is 39.9 Å². The second-order valence-electron chi connectivity index (χ2n) is 5.78. The molecule has 1 amide bonds. The number of hydrogen-bond donors (Lipinski definition) is 2. The van der Waals surface area contributed by atoms with Crippen LogP contribution in [-0.2, 0) is 4.79 Å². The number of benzene rings is 1. The molecule has 1 aromatic rings. The van der Waals surface area contributed by atoms with Crippen molar-refractivity contribution in [1.29, 1.82) is 0 Å². The predicted molar refractivity (Wildman–Crippen MR) is 97.7 cm³/mol. The minimum atomic E-state index is -0.423. The predicted octanol–water partition coefficient (Wildman–Crippen LogP) is 3.27. The van der Waals surface area contributed by atoms with Crippen molar-refractivity contribution in [2.45, 2.75) is 19.3 Å². The minimum Gasteiger partial charge on any atom is -0.322 e. The number of hydrogen-bond acceptors (Lipinski definition) is 3. The van der Waals surface area contributed by atoms with E-state index in [9.17, 15) is 9.18 Å². The summed E-state index contributed by atoms with van der Waals surface area (Å²) in [6, 6.07) is 4.64. The Morgan fingerprint density at radius 1 is 1.39 bits per heavy atom. The highest BCUT2D eigenvalue weighted by atomic mass is 79.9. The topological polar surface area (TPSA) is 44.4 Å². The van der Waals surface area contributed by atoms with Gasteiger partial charge in [0.05, 0.1) is 12.2 Å². The van der Waals surface area contributed by atoms with Crippen molar-refractivity contribution in [2.75, 3.05) is 38.5 Å². The number of carbonyl (C=O) groups excluding carboxylic acids is 1. The van der Waals surface area contributed by atoms with Gasteiger partial charge in [-0.25, -0.2) is 4.39 Å². The zero-order chi connectivity index (χ0) is 15.9. The fourth-order valence-corrected chi connectivity index (χ4v) is 3.10. The highest BCUT2D eigenvalue weighted by Crippen LogP contribution is 2.21. The van der Waals surface area contributed by atoms with Crippen molar-refractivity contribution in [3.05, 3.63) is 28.5 Å². The van der Waals surface area contributed by atoms with Crippen LogP contribution in [0.15, 0.2) is 22.7 Å². The van der Waals surface area contributed by atoms with Crippen LogP contribution in [0.2, 0.25) is 0 Å². The summed E-state index contributed by atoms with van der Waals surface area (Å²) < 4.78 is 14.4. The number of likely N-dealkylation sites (tertiary alicyclic amines) is 1. The Hall–Kier alpha value is -0.690. The number of nitrogens with zero attached hydrogens (tertiary/aromatic N) is 1. The van der Waals surface area contributed by atoms with Gasteiger partial charge in [0.1, 0.15) is 5.82 Å². The molecule has 23 heavy (non-hydrogen) atoms. The first-order chi connectivity index (χ1) is 10.6. The van der Waals surface area contributed by atoms with E-state index >= 15 is 0 Å². The first-order valence-corrected chi connectivity index (χ1v) is 8.49. The summed E-state index contributed by atoms with van der Waals surface area (Å²) in [6.45, 7) is 3.25. The van der Waals surface area contributed by atoms with Crippen molar-refractivity contribution in [2.24, 2.45) is 5.92 Å². The molecule has 2 rings (SSSR count). The largest absolute Gasteiger partial charge is 0.322 e. The molecule has 1 fully saturated rings. The monoisotopic (exact) mass is 407 g/mol. The molecule has 1 aliphatic rings. The second kappa shape index (κ2) is 10.2. The normalized spacial score (nSPS) is 16.0. The molecule has 0 atom stereocenters. The van der Waals surface area contributed by atoms with E-state index in [1.165, 1.54) is 12.5 Å². The SMILES string of the molecule is CNCCC1CCN(CC(=O)Nc2ccc(Br)cc2F)CC1.Cl. The van der Waals surface area contributed by atoms with Crippen LogP contribution in [0.5, 0.6) is 0 Å². The summed E-state index contributed by atoms with van der Waals surface area (Å²) >= 11 is 3.20. The molecule has 130 valence electrons. The first-order valence-electron chi connectivity index (χ1n) is 7.70. The number of piperidine rings is 1. The van der Waals surface area contributed by atoms with E-state index in [0.717, 1.165) is 38.4 Å². The molecule has 0 aromatic heterocycles. The molecule has 0 unspecified atom stereocenters. The Morgan fingerprint density at radius 2 is 2.09 bits per heavy atom. The summed E-state index contributed by atoms with van der Waals surface area (Å²) in [7, 11) is 1.97. The smallest absolute Gasteiger partial charge is 0.238 e. The molecule has 7 heteroatoms. The van der Waals surface area contributed by atoms with E-state index in [1.807, 2.05) is 7.05 Å². The summed E-state index contributed by atoms with van der Waals surface area (Å²) in [6.07, 6.45) is 3.45. The molecule has 0 spiro atoms. The van der Waals surface area contributed by atoms with E-state index < -0.39 is 5.82 Å². The lowest BCUT2D eigenvalue weighted by atomic mass is 9.93. The van der Waals surface area contributed by atoms with Gasteiger partial charge in [-0.3, -0.25) is 9.69 Å². The van der Waals surface area contributed by atoms with Gasteiger partial charge in [-0.2, -0.15) is 0 Å². The summed E-state index contributed by atoms with van der Waals surface area (Å²) in [5.41, 5.74) is 0.233. The maximum atomic E-state index is 13.7. The molecule has 1 saturated heterocycles. The van der Waals surface area contributed by atoms with E-state index in [4.69, 9.17) is 0 Å².